The van der Waals surface area contributed by atoms with Gasteiger partial charge in [0.25, 0.3) is 5.91 Å². The van der Waals surface area contributed by atoms with Crippen molar-refractivity contribution < 1.29 is 23.4 Å². The molecule has 168 valence electrons. The number of aromatic nitrogens is 2. The van der Waals surface area contributed by atoms with Gasteiger partial charge in [-0.3, -0.25) is 9.59 Å². The van der Waals surface area contributed by atoms with Gasteiger partial charge in [-0.2, -0.15) is 0 Å². The van der Waals surface area contributed by atoms with Gasteiger partial charge in [0.1, 0.15) is 29.4 Å². The minimum atomic E-state index is -0.662. The van der Waals surface area contributed by atoms with Crippen LogP contribution in [0.25, 0.3) is 0 Å². The van der Waals surface area contributed by atoms with Gasteiger partial charge >= 0.3 is 0 Å². The van der Waals surface area contributed by atoms with Gasteiger partial charge in [0.15, 0.2) is 5.69 Å². The lowest BCUT2D eigenvalue weighted by molar-refractivity contribution is -0.124. The lowest BCUT2D eigenvalue weighted by Gasteiger charge is -2.22. The van der Waals surface area contributed by atoms with Gasteiger partial charge in [0.05, 0.1) is 12.2 Å². The van der Waals surface area contributed by atoms with Gasteiger partial charge in [-0.1, -0.05) is 28.5 Å². The summed E-state index contributed by atoms with van der Waals surface area (Å²) in [7, 11) is 1.56. The second-order valence-corrected chi connectivity index (χ2v) is 7.92. The highest BCUT2D eigenvalue weighted by atomic mass is 16.5. The number of nitrogens with zero attached hydrogens (tertiary/aromatic N) is 3. The molecule has 32 heavy (non-hydrogen) atoms. The largest absolute Gasteiger partial charge is 0.488 e. The normalized spacial score (nSPS) is 18.1. The van der Waals surface area contributed by atoms with Crippen LogP contribution >= 0.6 is 0 Å². The number of hydrogen-bond donors (Lipinski definition) is 1. The van der Waals surface area contributed by atoms with E-state index in [4.69, 9.17) is 13.8 Å². The summed E-state index contributed by atoms with van der Waals surface area (Å²) < 4.78 is 16.7. The minimum absolute atomic E-state index is 0.191. The summed E-state index contributed by atoms with van der Waals surface area (Å²) in [6.45, 7) is 5.71. The Bertz CT molecular complexity index is 1100. The van der Waals surface area contributed by atoms with Crippen LogP contribution in [-0.4, -0.2) is 52.8 Å². The number of hydrogen-bond acceptors (Lipinski definition) is 7. The molecule has 0 saturated carbocycles. The van der Waals surface area contributed by atoms with Gasteiger partial charge in [-0.05, 0) is 32.9 Å². The topological polar surface area (TPSA) is 111 Å². The Morgan fingerprint density at radius 3 is 2.44 bits per heavy atom. The van der Waals surface area contributed by atoms with E-state index in [1.54, 1.807) is 14.0 Å². The van der Waals surface area contributed by atoms with Crippen LogP contribution in [0.2, 0.25) is 0 Å². The zero-order valence-corrected chi connectivity index (χ0v) is 18.5. The molecule has 1 aromatic carbocycles. The van der Waals surface area contributed by atoms with Gasteiger partial charge in [-0.15, -0.1) is 0 Å². The Kier molecular flexibility index (Phi) is 5.98. The van der Waals surface area contributed by atoms with E-state index < -0.39 is 6.04 Å². The zero-order valence-electron chi connectivity index (χ0n) is 18.5. The lowest BCUT2D eigenvalue weighted by Crippen LogP contribution is -2.45. The van der Waals surface area contributed by atoms with Crippen LogP contribution in [0.4, 0.5) is 0 Å². The molecule has 1 aliphatic rings. The lowest BCUT2D eigenvalue weighted by atomic mass is 10.0. The summed E-state index contributed by atoms with van der Waals surface area (Å²) in [6.07, 6.45) is 0.471. The molecule has 4 rings (SSSR count). The van der Waals surface area contributed by atoms with E-state index in [1.165, 1.54) is 4.90 Å². The highest BCUT2D eigenvalue weighted by molar-refractivity contribution is 5.97. The first-order valence-electron chi connectivity index (χ1n) is 10.5. The summed E-state index contributed by atoms with van der Waals surface area (Å²) in [5.74, 6) is 1.31. The maximum atomic E-state index is 13.5. The molecule has 0 bridgehead atoms. The standard InChI is InChI=1S/C23H26N4O5/c1-13-18(14(2)31-25-13)11-19-15(3)32-26-21(19)23(29)27-12-17(10-20(27)22(28)24-4)30-16-8-6-5-7-9-16/h5-9,17,20H,10-12H2,1-4H3,(H,24,28)/t17-,20-/m0/s1. The second-order valence-electron chi connectivity index (χ2n) is 7.92. The Morgan fingerprint density at radius 1 is 1.09 bits per heavy atom. The second kappa shape index (κ2) is 8.86. The fraction of sp³-hybridized carbons (Fsp3) is 0.391. The Morgan fingerprint density at radius 2 is 1.78 bits per heavy atom. The summed E-state index contributed by atoms with van der Waals surface area (Å²) in [5, 5.41) is 10.7. The SMILES string of the molecule is CNC(=O)[C@@H]1C[C@H](Oc2ccccc2)CN1C(=O)c1noc(C)c1Cc1c(C)noc1C. The zero-order chi connectivity index (χ0) is 22.8. The fourth-order valence-corrected chi connectivity index (χ4v) is 4.05. The number of nitrogens with one attached hydrogen (secondary N) is 1. The number of benzene rings is 1. The quantitative estimate of drug-likeness (QED) is 0.630. The molecule has 3 aromatic rings. The number of aryl methyl sites for hydroxylation is 3. The number of likely N-dealkylation sites (N-methyl/N-ethyl adjacent to an activating group) is 1. The number of likely N-dealkylation sites (tertiary alicyclic amines) is 1. The molecule has 0 radical (unpaired) electrons. The third kappa shape index (κ3) is 4.10. The first-order valence-corrected chi connectivity index (χ1v) is 10.5. The number of amides is 2. The van der Waals surface area contributed by atoms with Gasteiger partial charge < -0.3 is 24.0 Å². The van der Waals surface area contributed by atoms with Crippen LogP contribution in [0.5, 0.6) is 5.75 Å². The highest BCUT2D eigenvalue weighted by Gasteiger charge is 2.42. The summed E-state index contributed by atoms with van der Waals surface area (Å²) in [6, 6.07) is 8.69. The van der Waals surface area contributed by atoms with E-state index in [-0.39, 0.29) is 30.2 Å². The average Bonchev–Trinajstić information content (AvgIpc) is 3.47. The monoisotopic (exact) mass is 438 g/mol. The molecule has 9 nitrogen and oxygen atoms in total. The number of carbonyl (C=O) groups is 2. The summed E-state index contributed by atoms with van der Waals surface area (Å²) >= 11 is 0. The van der Waals surface area contributed by atoms with Crippen LogP contribution in [0.15, 0.2) is 39.4 Å². The van der Waals surface area contributed by atoms with Crippen LogP contribution < -0.4 is 10.1 Å². The molecule has 1 aliphatic heterocycles. The minimum Gasteiger partial charge on any atom is -0.488 e. The third-order valence-corrected chi connectivity index (χ3v) is 5.84. The van der Waals surface area contributed by atoms with Crippen LogP contribution in [0, 0.1) is 20.8 Å². The molecule has 1 saturated heterocycles. The predicted molar refractivity (Wildman–Crippen MR) is 114 cm³/mol. The van der Waals surface area contributed by atoms with Crippen molar-refractivity contribution in [1.82, 2.24) is 20.5 Å². The van der Waals surface area contributed by atoms with E-state index in [2.05, 4.69) is 15.6 Å². The van der Waals surface area contributed by atoms with E-state index in [0.717, 1.165) is 11.3 Å². The molecule has 2 amide bonds. The molecule has 0 unspecified atom stereocenters. The van der Waals surface area contributed by atoms with Crippen molar-refractivity contribution in [3.8, 4) is 5.75 Å². The fourth-order valence-electron chi connectivity index (χ4n) is 4.05. The molecule has 3 heterocycles. The molecule has 9 heteroatoms. The van der Waals surface area contributed by atoms with Crippen molar-refractivity contribution in [2.24, 2.45) is 0 Å². The molecule has 1 fully saturated rings. The van der Waals surface area contributed by atoms with Crippen molar-refractivity contribution in [1.29, 1.82) is 0 Å². The van der Waals surface area contributed by atoms with E-state index in [9.17, 15) is 9.59 Å². The first kappa shape index (κ1) is 21.6. The smallest absolute Gasteiger partial charge is 0.277 e. The molecule has 0 aliphatic carbocycles. The summed E-state index contributed by atoms with van der Waals surface area (Å²) in [4.78, 5) is 27.6. The maximum absolute atomic E-state index is 13.5. The van der Waals surface area contributed by atoms with Crippen molar-refractivity contribution in [2.45, 2.75) is 45.8 Å². The van der Waals surface area contributed by atoms with Crippen molar-refractivity contribution in [3.63, 3.8) is 0 Å². The molecule has 2 aromatic heterocycles. The van der Waals surface area contributed by atoms with Gasteiger partial charge in [0.2, 0.25) is 5.91 Å². The average molecular weight is 438 g/mol. The molecular weight excluding hydrogens is 412 g/mol. The number of ether oxygens (including phenoxy) is 1. The maximum Gasteiger partial charge on any atom is 0.277 e. The Balaban J connectivity index is 1.60. The number of para-hydroxylation sites is 1. The van der Waals surface area contributed by atoms with E-state index in [1.807, 2.05) is 44.2 Å². The predicted octanol–water partition coefficient (Wildman–Crippen LogP) is 2.59. The van der Waals surface area contributed by atoms with Crippen molar-refractivity contribution in [3.05, 3.63) is 64.4 Å². The third-order valence-electron chi connectivity index (χ3n) is 5.84. The number of rotatable bonds is 6. The van der Waals surface area contributed by atoms with Crippen LogP contribution in [0.3, 0.4) is 0 Å². The molecule has 1 N–H and O–H groups in total. The molecular formula is C23H26N4O5. The van der Waals surface area contributed by atoms with Gasteiger partial charge in [0, 0.05) is 31.0 Å². The van der Waals surface area contributed by atoms with E-state index in [0.29, 0.717) is 35.7 Å². The van der Waals surface area contributed by atoms with E-state index >= 15 is 0 Å². The Hall–Kier alpha value is -3.62. The molecule has 0 spiro atoms. The molecule has 2 atom stereocenters. The highest BCUT2D eigenvalue weighted by Crippen LogP contribution is 2.28. The first-order chi connectivity index (χ1) is 15.4. The Labute approximate surface area is 185 Å². The van der Waals surface area contributed by atoms with Crippen molar-refractivity contribution in [2.75, 3.05) is 13.6 Å². The van der Waals surface area contributed by atoms with Crippen molar-refractivity contribution >= 4 is 11.8 Å². The summed E-state index contributed by atoms with van der Waals surface area (Å²) in [5.41, 5.74) is 2.49. The number of carbonyl (C=O) groups excluding carboxylic acids is 2. The van der Waals surface area contributed by atoms with Gasteiger partial charge in [-0.25, -0.2) is 0 Å². The van der Waals surface area contributed by atoms with Crippen LogP contribution in [-0.2, 0) is 11.2 Å². The van der Waals surface area contributed by atoms with Crippen LogP contribution in [0.1, 0.15) is 45.3 Å².